The van der Waals surface area contributed by atoms with Crippen molar-refractivity contribution in [3.8, 4) is 0 Å². The number of nitrogens with zero attached hydrogens (tertiary/aromatic N) is 4. The first-order chi connectivity index (χ1) is 8.75. The third-order valence-corrected chi connectivity index (χ3v) is 3.66. The van der Waals surface area contributed by atoms with E-state index in [0.29, 0.717) is 0 Å². The molecule has 1 N–H and O–H groups in total. The Morgan fingerprint density at radius 2 is 2.33 bits per heavy atom. The molecule has 0 radical (unpaired) electrons. The molecule has 0 bridgehead atoms. The summed E-state index contributed by atoms with van der Waals surface area (Å²) in [5, 5.41) is 3.37. The number of hydrogen-bond acceptors (Lipinski definition) is 3. The van der Waals surface area contributed by atoms with Crippen LogP contribution in [0.2, 0.25) is 0 Å². The lowest BCUT2D eigenvalue weighted by molar-refractivity contribution is 0.571. The fourth-order valence-corrected chi connectivity index (χ4v) is 2.65. The Labute approximate surface area is 107 Å². The minimum Gasteiger partial charge on any atom is -0.338 e. The van der Waals surface area contributed by atoms with Crippen molar-refractivity contribution in [2.45, 2.75) is 32.9 Å². The van der Waals surface area contributed by atoms with Gasteiger partial charge in [0.05, 0.1) is 5.69 Å². The van der Waals surface area contributed by atoms with Crippen molar-refractivity contribution in [2.24, 2.45) is 7.05 Å². The molecule has 96 valence electrons. The van der Waals surface area contributed by atoms with Crippen LogP contribution in [0.15, 0.2) is 12.4 Å². The van der Waals surface area contributed by atoms with Gasteiger partial charge in [0.25, 0.3) is 0 Å². The molecule has 1 aliphatic heterocycles. The minimum atomic E-state index is 0.908. The van der Waals surface area contributed by atoms with Crippen molar-refractivity contribution in [1.82, 2.24) is 24.4 Å². The van der Waals surface area contributed by atoms with Gasteiger partial charge in [-0.15, -0.1) is 0 Å². The van der Waals surface area contributed by atoms with Crippen LogP contribution in [0.5, 0.6) is 0 Å². The van der Waals surface area contributed by atoms with E-state index in [9.17, 15) is 0 Å². The Bertz CT molecular complexity index is 552. The van der Waals surface area contributed by atoms with Gasteiger partial charge in [0, 0.05) is 57.6 Å². The summed E-state index contributed by atoms with van der Waals surface area (Å²) in [6.45, 7) is 5.03. The first-order valence-electron chi connectivity index (χ1n) is 6.47. The van der Waals surface area contributed by atoms with E-state index in [0.717, 1.165) is 44.1 Å². The van der Waals surface area contributed by atoms with Crippen LogP contribution < -0.4 is 5.32 Å². The summed E-state index contributed by atoms with van der Waals surface area (Å²) in [6, 6.07) is 0. The lowest BCUT2D eigenvalue weighted by Crippen LogP contribution is -2.25. The first-order valence-corrected chi connectivity index (χ1v) is 6.47. The number of hydrogen-bond donors (Lipinski definition) is 1. The molecule has 0 saturated heterocycles. The Morgan fingerprint density at radius 1 is 1.44 bits per heavy atom. The molecule has 0 spiro atoms. The first kappa shape index (κ1) is 11.5. The summed E-state index contributed by atoms with van der Waals surface area (Å²) < 4.78 is 4.44. The molecule has 0 amide bonds. The van der Waals surface area contributed by atoms with Crippen LogP contribution >= 0.6 is 0 Å². The monoisotopic (exact) mass is 245 g/mol. The molecule has 0 aliphatic carbocycles. The van der Waals surface area contributed by atoms with E-state index in [1.54, 1.807) is 0 Å². The van der Waals surface area contributed by atoms with Gasteiger partial charge >= 0.3 is 0 Å². The van der Waals surface area contributed by atoms with Gasteiger partial charge in [0.15, 0.2) is 0 Å². The molecule has 0 saturated carbocycles. The second-order valence-electron chi connectivity index (χ2n) is 4.84. The molecule has 3 rings (SSSR count). The van der Waals surface area contributed by atoms with Gasteiger partial charge < -0.3 is 14.5 Å². The van der Waals surface area contributed by atoms with Gasteiger partial charge in [0.1, 0.15) is 11.6 Å². The number of aryl methyl sites for hydroxylation is 3. The highest BCUT2D eigenvalue weighted by molar-refractivity contribution is 5.20. The largest absolute Gasteiger partial charge is 0.338 e. The lowest BCUT2D eigenvalue weighted by Gasteiger charge is -2.15. The second kappa shape index (κ2) is 4.57. The highest BCUT2D eigenvalue weighted by Gasteiger charge is 2.17. The third-order valence-electron chi connectivity index (χ3n) is 3.66. The van der Waals surface area contributed by atoms with Gasteiger partial charge in [-0.3, -0.25) is 0 Å². The molecule has 1 aliphatic rings. The Balaban J connectivity index is 1.80. The summed E-state index contributed by atoms with van der Waals surface area (Å²) >= 11 is 0. The summed E-state index contributed by atoms with van der Waals surface area (Å²) in [6.07, 6.45) is 5.89. The average Bonchev–Trinajstić information content (AvgIpc) is 2.90. The summed E-state index contributed by atoms with van der Waals surface area (Å²) in [5.41, 5.74) is 2.62. The maximum atomic E-state index is 4.65. The predicted octanol–water partition coefficient (Wildman–Crippen LogP) is 0.813. The standard InChI is InChI=1S/C13H19N5/c1-10-16-11-9-14-5-3-12(11)18(10)7-4-13-15-6-8-17(13)2/h6,8,14H,3-5,7,9H2,1-2H3. The Kier molecular flexibility index (Phi) is 2.91. The molecule has 0 aromatic carbocycles. The predicted molar refractivity (Wildman–Crippen MR) is 69.3 cm³/mol. The normalized spacial score (nSPS) is 14.8. The van der Waals surface area contributed by atoms with Crippen LogP contribution in [-0.2, 0) is 33.0 Å². The van der Waals surface area contributed by atoms with Gasteiger partial charge in [-0.25, -0.2) is 9.97 Å². The van der Waals surface area contributed by atoms with Crippen LogP contribution in [0.3, 0.4) is 0 Å². The van der Waals surface area contributed by atoms with Crippen LogP contribution in [0.4, 0.5) is 0 Å². The van der Waals surface area contributed by atoms with Gasteiger partial charge in [-0.1, -0.05) is 0 Å². The number of imidazole rings is 2. The van der Waals surface area contributed by atoms with Crippen molar-refractivity contribution in [3.05, 3.63) is 35.4 Å². The van der Waals surface area contributed by atoms with E-state index in [4.69, 9.17) is 0 Å². The zero-order valence-corrected chi connectivity index (χ0v) is 11.0. The molecule has 3 heterocycles. The molecule has 0 fully saturated rings. The number of nitrogens with one attached hydrogen (secondary N) is 1. The Morgan fingerprint density at radius 3 is 3.11 bits per heavy atom. The van der Waals surface area contributed by atoms with Crippen LogP contribution in [-0.4, -0.2) is 25.6 Å². The molecule has 5 nitrogen and oxygen atoms in total. The highest BCUT2D eigenvalue weighted by atomic mass is 15.1. The number of aromatic nitrogens is 4. The van der Waals surface area contributed by atoms with Crippen LogP contribution in [0, 0.1) is 6.92 Å². The molecule has 2 aromatic heterocycles. The maximum Gasteiger partial charge on any atom is 0.110 e. The van der Waals surface area contributed by atoms with Crippen molar-refractivity contribution in [2.75, 3.05) is 6.54 Å². The lowest BCUT2D eigenvalue weighted by atomic mass is 10.2. The van der Waals surface area contributed by atoms with Crippen LogP contribution in [0.1, 0.15) is 23.0 Å². The zero-order valence-electron chi connectivity index (χ0n) is 11.0. The van der Waals surface area contributed by atoms with Crippen molar-refractivity contribution in [3.63, 3.8) is 0 Å². The van der Waals surface area contributed by atoms with Crippen molar-refractivity contribution in [1.29, 1.82) is 0 Å². The van der Waals surface area contributed by atoms with E-state index in [1.165, 1.54) is 11.4 Å². The molecule has 5 heteroatoms. The molecule has 18 heavy (non-hydrogen) atoms. The molecule has 2 aromatic rings. The highest BCUT2D eigenvalue weighted by Crippen LogP contribution is 2.16. The van der Waals surface area contributed by atoms with E-state index in [-0.39, 0.29) is 0 Å². The molecule has 0 unspecified atom stereocenters. The topological polar surface area (TPSA) is 47.7 Å². The van der Waals surface area contributed by atoms with Crippen molar-refractivity contribution < 1.29 is 0 Å². The maximum absolute atomic E-state index is 4.65. The summed E-state index contributed by atoms with van der Waals surface area (Å²) in [7, 11) is 2.04. The zero-order chi connectivity index (χ0) is 12.5. The van der Waals surface area contributed by atoms with E-state index in [2.05, 4.69) is 31.3 Å². The molecular weight excluding hydrogens is 226 g/mol. The molecule has 0 atom stereocenters. The smallest absolute Gasteiger partial charge is 0.110 e. The van der Waals surface area contributed by atoms with E-state index < -0.39 is 0 Å². The minimum absolute atomic E-state index is 0.908. The second-order valence-corrected chi connectivity index (χ2v) is 4.84. The SMILES string of the molecule is Cc1nc2c(n1CCc1nccn1C)CCNC2. The van der Waals surface area contributed by atoms with Crippen LogP contribution in [0.25, 0.3) is 0 Å². The fourth-order valence-electron chi connectivity index (χ4n) is 2.65. The Hall–Kier alpha value is -1.62. The van der Waals surface area contributed by atoms with Gasteiger partial charge in [-0.2, -0.15) is 0 Å². The number of rotatable bonds is 3. The third kappa shape index (κ3) is 1.95. The molecular formula is C13H19N5. The van der Waals surface area contributed by atoms with Crippen molar-refractivity contribution >= 4 is 0 Å². The number of fused-ring (bicyclic) bond motifs is 1. The van der Waals surface area contributed by atoms with Gasteiger partial charge in [-0.05, 0) is 6.92 Å². The fraction of sp³-hybridized carbons (Fsp3) is 0.538. The van der Waals surface area contributed by atoms with E-state index in [1.807, 2.05) is 19.4 Å². The average molecular weight is 245 g/mol. The van der Waals surface area contributed by atoms with E-state index >= 15 is 0 Å². The summed E-state index contributed by atoms with van der Waals surface area (Å²) in [4.78, 5) is 9.02. The quantitative estimate of drug-likeness (QED) is 0.870. The van der Waals surface area contributed by atoms with Gasteiger partial charge in [0.2, 0.25) is 0 Å². The summed E-state index contributed by atoms with van der Waals surface area (Å²) in [5.74, 6) is 2.25.